The summed E-state index contributed by atoms with van der Waals surface area (Å²) in [5, 5.41) is 13.7. The molecule has 0 aromatic heterocycles. The molecule has 2 rings (SSSR count). The zero-order valence-corrected chi connectivity index (χ0v) is 10.2. The lowest BCUT2D eigenvalue weighted by atomic mass is 10.1. The molecule has 0 aliphatic carbocycles. The van der Waals surface area contributed by atoms with Crippen LogP contribution in [0, 0.1) is 10.1 Å². The highest BCUT2D eigenvalue weighted by atomic mass is 32.2. The van der Waals surface area contributed by atoms with Crippen LogP contribution in [0.2, 0.25) is 0 Å². The Hall–Kier alpha value is -0.590. The van der Waals surface area contributed by atoms with Gasteiger partial charge in [-0.1, -0.05) is 6.08 Å². The van der Waals surface area contributed by atoms with Gasteiger partial charge in [0.25, 0.3) is 6.17 Å². The molecule has 2 aliphatic rings. The Morgan fingerprint density at radius 1 is 1.56 bits per heavy atom. The minimum atomic E-state index is -0.685. The number of thioether (sulfide) groups is 1. The van der Waals surface area contributed by atoms with E-state index in [2.05, 4.69) is 16.3 Å². The lowest BCUT2D eigenvalue weighted by molar-refractivity contribution is -0.519. The van der Waals surface area contributed by atoms with Crippen LogP contribution in [-0.2, 0) is 0 Å². The first-order valence-electron chi connectivity index (χ1n) is 5.55. The number of nitro groups is 1. The number of rotatable bonds is 2. The van der Waals surface area contributed by atoms with Crippen molar-refractivity contribution in [2.24, 2.45) is 0 Å². The molecule has 0 spiro atoms. The van der Waals surface area contributed by atoms with Gasteiger partial charge in [0.1, 0.15) is 0 Å². The molecule has 0 saturated carbocycles. The van der Waals surface area contributed by atoms with Crippen molar-refractivity contribution in [3.8, 4) is 0 Å². The third kappa shape index (κ3) is 2.56. The predicted molar refractivity (Wildman–Crippen MR) is 65.2 cm³/mol. The second-order valence-electron chi connectivity index (χ2n) is 4.22. The molecule has 0 aromatic rings. The quantitative estimate of drug-likeness (QED) is 0.436. The van der Waals surface area contributed by atoms with Gasteiger partial charge in [0, 0.05) is 47.7 Å². The molecule has 1 N–H and O–H groups in total. The van der Waals surface area contributed by atoms with Crippen LogP contribution in [-0.4, -0.2) is 53.2 Å². The number of nitrogens with zero attached hydrogens (tertiary/aromatic N) is 2. The number of hydrogen-bond acceptors (Lipinski definition) is 5. The van der Waals surface area contributed by atoms with E-state index in [9.17, 15) is 10.1 Å². The van der Waals surface area contributed by atoms with Crippen LogP contribution in [0.3, 0.4) is 0 Å². The second-order valence-corrected chi connectivity index (χ2v) is 5.45. The fraction of sp³-hybridized carbons (Fsp3) is 0.800. The molecule has 0 bridgehead atoms. The van der Waals surface area contributed by atoms with Crippen molar-refractivity contribution in [1.29, 1.82) is 0 Å². The monoisotopic (exact) mass is 243 g/mol. The van der Waals surface area contributed by atoms with E-state index in [4.69, 9.17) is 0 Å². The summed E-state index contributed by atoms with van der Waals surface area (Å²) in [6, 6.07) is 0.331. The zero-order valence-electron chi connectivity index (χ0n) is 9.39. The minimum absolute atomic E-state index is 0.256. The van der Waals surface area contributed by atoms with Crippen LogP contribution < -0.4 is 5.32 Å². The van der Waals surface area contributed by atoms with E-state index in [-0.39, 0.29) is 4.92 Å². The average Bonchev–Trinajstić information content (AvgIpc) is 2.29. The third-order valence-corrected chi connectivity index (χ3v) is 4.07. The molecule has 1 saturated heterocycles. The van der Waals surface area contributed by atoms with Crippen LogP contribution in [0.4, 0.5) is 0 Å². The Kier molecular flexibility index (Phi) is 3.83. The van der Waals surface area contributed by atoms with Crippen molar-refractivity contribution < 1.29 is 4.92 Å². The zero-order chi connectivity index (χ0) is 11.5. The molecule has 2 unspecified atom stereocenters. The summed E-state index contributed by atoms with van der Waals surface area (Å²) in [5.41, 5.74) is 0.833. The highest BCUT2D eigenvalue weighted by molar-refractivity contribution is 7.99. The average molecular weight is 243 g/mol. The van der Waals surface area contributed by atoms with Gasteiger partial charge in [0.2, 0.25) is 0 Å². The van der Waals surface area contributed by atoms with Crippen LogP contribution in [0.15, 0.2) is 11.6 Å². The molecule has 0 aromatic carbocycles. The van der Waals surface area contributed by atoms with Gasteiger partial charge in [0.05, 0.1) is 0 Å². The molecular weight excluding hydrogens is 226 g/mol. The lowest BCUT2D eigenvalue weighted by Crippen LogP contribution is -2.52. The molecule has 5 nitrogen and oxygen atoms in total. The molecule has 2 atom stereocenters. The minimum Gasteiger partial charge on any atom is -0.294 e. The molecular formula is C10H17N3O2S. The lowest BCUT2D eigenvalue weighted by Gasteiger charge is -2.35. The van der Waals surface area contributed by atoms with Crippen LogP contribution in [0.25, 0.3) is 0 Å². The normalized spacial score (nSPS) is 32.2. The fourth-order valence-corrected chi connectivity index (χ4v) is 3.16. The topological polar surface area (TPSA) is 58.4 Å². The van der Waals surface area contributed by atoms with Crippen molar-refractivity contribution in [3.63, 3.8) is 0 Å². The van der Waals surface area contributed by atoms with Gasteiger partial charge in [-0.15, -0.1) is 0 Å². The molecule has 6 heteroatoms. The van der Waals surface area contributed by atoms with Gasteiger partial charge < -0.3 is 0 Å². The highest BCUT2D eigenvalue weighted by Crippen LogP contribution is 2.17. The van der Waals surface area contributed by atoms with E-state index in [1.54, 1.807) is 0 Å². The molecule has 16 heavy (non-hydrogen) atoms. The first-order chi connectivity index (χ1) is 7.68. The molecule has 90 valence electrons. The van der Waals surface area contributed by atoms with Gasteiger partial charge in [-0.25, -0.2) is 5.32 Å². The fourth-order valence-electron chi connectivity index (χ4n) is 2.23. The van der Waals surface area contributed by atoms with Crippen LogP contribution in [0.5, 0.6) is 0 Å². The molecule has 2 heterocycles. The maximum absolute atomic E-state index is 10.7. The second kappa shape index (κ2) is 5.16. The van der Waals surface area contributed by atoms with Gasteiger partial charge in [-0.2, -0.15) is 11.8 Å². The van der Waals surface area contributed by atoms with E-state index in [1.807, 2.05) is 18.7 Å². The summed E-state index contributed by atoms with van der Waals surface area (Å²) in [4.78, 5) is 12.9. The van der Waals surface area contributed by atoms with Crippen molar-refractivity contribution in [2.45, 2.75) is 19.1 Å². The van der Waals surface area contributed by atoms with Crippen molar-refractivity contribution in [3.05, 3.63) is 21.8 Å². The first kappa shape index (κ1) is 11.9. The Bertz CT molecular complexity index is 302. The van der Waals surface area contributed by atoms with E-state index in [1.165, 1.54) is 11.5 Å². The maximum Gasteiger partial charge on any atom is 0.287 e. The van der Waals surface area contributed by atoms with Crippen molar-refractivity contribution in [1.82, 2.24) is 10.2 Å². The molecule has 1 fully saturated rings. The SMILES string of the molecule is CC1=CC(N2CCSCC2)CNC1[N+](=O)[O-]. The van der Waals surface area contributed by atoms with Crippen molar-refractivity contribution >= 4 is 11.8 Å². The summed E-state index contributed by atoms with van der Waals surface area (Å²) in [5.74, 6) is 2.34. The number of hydrogen-bond donors (Lipinski definition) is 1. The van der Waals surface area contributed by atoms with E-state index in [0.29, 0.717) is 12.6 Å². The van der Waals surface area contributed by atoms with Crippen molar-refractivity contribution in [2.75, 3.05) is 31.1 Å². The van der Waals surface area contributed by atoms with Gasteiger partial charge in [0.15, 0.2) is 0 Å². The molecule has 2 aliphatic heterocycles. The van der Waals surface area contributed by atoms with E-state index < -0.39 is 6.17 Å². The van der Waals surface area contributed by atoms with E-state index in [0.717, 1.165) is 18.7 Å². The van der Waals surface area contributed by atoms with E-state index >= 15 is 0 Å². The Labute approximate surface area is 99.4 Å². The third-order valence-electron chi connectivity index (χ3n) is 3.13. The smallest absolute Gasteiger partial charge is 0.287 e. The molecule has 0 radical (unpaired) electrons. The van der Waals surface area contributed by atoms with Gasteiger partial charge >= 0.3 is 0 Å². The maximum atomic E-state index is 10.7. The highest BCUT2D eigenvalue weighted by Gasteiger charge is 2.30. The van der Waals surface area contributed by atoms with Gasteiger partial charge in [-0.3, -0.25) is 15.0 Å². The summed E-state index contributed by atoms with van der Waals surface area (Å²) < 4.78 is 0. The molecule has 0 amide bonds. The number of nitrogens with one attached hydrogen (secondary N) is 1. The Morgan fingerprint density at radius 2 is 2.25 bits per heavy atom. The first-order valence-corrected chi connectivity index (χ1v) is 6.71. The Morgan fingerprint density at radius 3 is 2.81 bits per heavy atom. The van der Waals surface area contributed by atoms with Crippen LogP contribution in [0.1, 0.15) is 6.92 Å². The summed E-state index contributed by atoms with van der Waals surface area (Å²) in [6.07, 6.45) is 1.37. The summed E-state index contributed by atoms with van der Waals surface area (Å²) in [7, 11) is 0. The van der Waals surface area contributed by atoms with Gasteiger partial charge in [-0.05, 0) is 6.92 Å². The summed E-state index contributed by atoms with van der Waals surface area (Å²) >= 11 is 1.98. The van der Waals surface area contributed by atoms with Crippen LogP contribution >= 0.6 is 11.8 Å². The summed E-state index contributed by atoms with van der Waals surface area (Å²) in [6.45, 7) is 4.70. The predicted octanol–water partition coefficient (Wildman–Crippen LogP) is 0.556. The Balaban J connectivity index is 2.01. The standard InChI is InChI=1S/C10H17N3O2S/c1-8-6-9(7-11-10(8)13(14)15)12-2-4-16-5-3-12/h6,9-11H,2-5,7H2,1H3. The largest absolute Gasteiger partial charge is 0.294 e.